The molecule has 6 heteroatoms. The van der Waals surface area contributed by atoms with E-state index in [2.05, 4.69) is 16.0 Å². The number of fused-ring (bicyclic) bond motifs is 1. The van der Waals surface area contributed by atoms with Crippen LogP contribution in [0.1, 0.15) is 11.1 Å². The van der Waals surface area contributed by atoms with Crippen molar-refractivity contribution in [1.82, 2.24) is 0 Å². The molecular formula is C16H12FO2PSTl+. The van der Waals surface area contributed by atoms with Crippen LogP contribution in [0, 0.1) is 15.2 Å². The van der Waals surface area contributed by atoms with Crippen LogP contribution in [0.4, 0.5) is 4.39 Å². The van der Waals surface area contributed by atoms with Crippen LogP contribution in [0.25, 0.3) is 16.8 Å². The third kappa shape index (κ3) is 4.17. The SMILES string of the molecule is C=Cc1cc(OCOC)cc2ccc(F)c(C#[C][Tl]=[P+]=S)c12. The van der Waals surface area contributed by atoms with Gasteiger partial charge in [-0.2, -0.15) is 0 Å². The molecule has 0 aromatic heterocycles. The van der Waals surface area contributed by atoms with E-state index < -0.39 is 23.1 Å². The summed E-state index contributed by atoms with van der Waals surface area (Å²) < 4.78 is 28.6. The first-order valence-corrected chi connectivity index (χ1v) is 16.6. The van der Waals surface area contributed by atoms with Crippen molar-refractivity contribution in [2.24, 2.45) is 0 Å². The molecule has 0 atom stereocenters. The summed E-state index contributed by atoms with van der Waals surface area (Å²) in [7, 11) is 1.56. The summed E-state index contributed by atoms with van der Waals surface area (Å²) >= 11 is 3.69. The van der Waals surface area contributed by atoms with E-state index >= 15 is 0 Å². The quantitative estimate of drug-likeness (QED) is 0.262. The second kappa shape index (κ2) is 8.78. The summed E-state index contributed by atoms with van der Waals surface area (Å²) in [5.74, 6) is 3.31. The normalized spacial score (nSPS) is 9.55. The Morgan fingerprint density at radius 2 is 2.27 bits per heavy atom. The molecule has 2 rings (SSSR count). The van der Waals surface area contributed by atoms with Crippen LogP contribution in [-0.2, 0) is 16.5 Å². The monoisotopic (exact) mass is 523 g/mol. The molecule has 108 valence electrons. The first-order chi connectivity index (χ1) is 10.7. The van der Waals surface area contributed by atoms with Gasteiger partial charge in [0, 0.05) is 0 Å². The summed E-state index contributed by atoms with van der Waals surface area (Å²) in [6.07, 6.45) is 1.68. The van der Waals surface area contributed by atoms with E-state index in [1.807, 2.05) is 12.1 Å². The standard InChI is InChI=1S/C16H12FO2.PS.Tl/c1-4-11-8-13(19-10-18-3)9-12-6-7-15(17)14(5-2)16(11)12;1-2;/h4,6-9H,1,10H2,3H3;;/q;-1;+2. The number of methoxy groups -OCH3 is 1. The molecule has 0 radical (unpaired) electrons. The van der Waals surface area contributed by atoms with Gasteiger partial charge in [0.25, 0.3) is 0 Å². The molecule has 0 bridgehead atoms. The molecule has 2 aromatic carbocycles. The van der Waals surface area contributed by atoms with Gasteiger partial charge in [0.2, 0.25) is 0 Å². The van der Waals surface area contributed by atoms with Gasteiger partial charge in [-0.3, -0.25) is 0 Å². The molecule has 0 N–H and O–H groups in total. The maximum absolute atomic E-state index is 14.2. The predicted molar refractivity (Wildman–Crippen MR) is 93.4 cm³/mol. The van der Waals surface area contributed by atoms with Crippen LogP contribution in [0.15, 0.2) is 30.8 Å². The van der Waals surface area contributed by atoms with Gasteiger partial charge in [0.05, 0.1) is 0 Å². The van der Waals surface area contributed by atoms with Crippen LogP contribution in [0.5, 0.6) is 5.75 Å². The van der Waals surface area contributed by atoms with E-state index in [1.54, 1.807) is 19.3 Å². The zero-order valence-corrected chi connectivity index (χ0v) is 18.1. The van der Waals surface area contributed by atoms with Crippen molar-refractivity contribution in [2.45, 2.75) is 0 Å². The molecule has 0 aliphatic carbocycles. The Balaban J connectivity index is 2.70. The van der Waals surface area contributed by atoms with Gasteiger partial charge in [0.15, 0.2) is 0 Å². The molecule has 0 heterocycles. The minimum absolute atomic E-state index is 0.155. The molecule has 0 fully saturated rings. The molecule has 0 unspecified atom stereocenters. The number of benzene rings is 2. The van der Waals surface area contributed by atoms with Crippen molar-refractivity contribution >= 4 is 55.8 Å². The first-order valence-electron chi connectivity index (χ1n) is 6.37. The van der Waals surface area contributed by atoms with Gasteiger partial charge < -0.3 is 0 Å². The topological polar surface area (TPSA) is 18.5 Å². The van der Waals surface area contributed by atoms with E-state index in [0.717, 1.165) is 20.3 Å². The zero-order chi connectivity index (χ0) is 15.9. The zero-order valence-electron chi connectivity index (χ0n) is 11.9. The predicted octanol–water partition coefficient (Wildman–Crippen LogP) is 3.94. The van der Waals surface area contributed by atoms with Gasteiger partial charge in [-0.1, -0.05) is 0 Å². The molecule has 0 spiro atoms. The average Bonchev–Trinajstić information content (AvgIpc) is 2.54. The Morgan fingerprint density at radius 3 is 2.95 bits per heavy atom. The van der Waals surface area contributed by atoms with Crippen LogP contribution < -0.4 is 4.74 Å². The maximum atomic E-state index is 14.2. The average molecular weight is 523 g/mol. The number of hydrogen-bond acceptors (Lipinski definition) is 3. The molecule has 0 aliphatic rings. The first kappa shape index (κ1) is 17.6. The fourth-order valence-electron chi connectivity index (χ4n) is 2.07. The fourth-order valence-corrected chi connectivity index (χ4v) is 5.50. The van der Waals surface area contributed by atoms with Crippen molar-refractivity contribution in [3.63, 3.8) is 0 Å². The number of halogens is 1. The molecule has 22 heavy (non-hydrogen) atoms. The summed E-state index contributed by atoms with van der Waals surface area (Å²) in [6.45, 7) is 3.96. The third-order valence-corrected chi connectivity index (χ3v) is 9.25. The number of rotatable bonds is 4. The van der Waals surface area contributed by atoms with Crippen molar-refractivity contribution in [1.29, 1.82) is 0 Å². The molecule has 2 nitrogen and oxygen atoms in total. The molecular weight excluding hydrogens is 511 g/mol. The molecule has 0 amide bonds. The van der Waals surface area contributed by atoms with Crippen molar-refractivity contribution in [3.05, 3.63) is 47.8 Å². The second-order valence-electron chi connectivity index (χ2n) is 4.29. The molecule has 0 saturated carbocycles. The van der Waals surface area contributed by atoms with Crippen molar-refractivity contribution < 1.29 is 13.9 Å². The number of ether oxygens (including phenoxy) is 2. The Kier molecular flexibility index (Phi) is 7.03. The Morgan fingerprint density at radius 1 is 1.45 bits per heavy atom. The van der Waals surface area contributed by atoms with Gasteiger partial charge in [0.1, 0.15) is 0 Å². The summed E-state index contributed by atoms with van der Waals surface area (Å²) in [4.78, 5) is 0. The van der Waals surface area contributed by atoms with Gasteiger partial charge in [-0.05, 0) is 0 Å². The molecule has 2 aromatic rings. The Labute approximate surface area is 146 Å². The van der Waals surface area contributed by atoms with Gasteiger partial charge >= 0.3 is 146 Å². The molecule has 0 aliphatic heterocycles. The van der Waals surface area contributed by atoms with Crippen LogP contribution in [-0.4, -0.2) is 37.0 Å². The summed E-state index contributed by atoms with van der Waals surface area (Å²) in [5, 5.41) is 1.62. The second-order valence-corrected chi connectivity index (χ2v) is 16.9. The van der Waals surface area contributed by atoms with E-state index in [1.165, 1.54) is 6.07 Å². The summed E-state index contributed by atoms with van der Waals surface area (Å²) in [5.41, 5.74) is 1.21. The van der Waals surface area contributed by atoms with Crippen molar-refractivity contribution in [3.8, 4) is 15.1 Å². The van der Waals surface area contributed by atoms with Crippen LogP contribution >= 0.6 is 4.00 Å². The summed E-state index contributed by atoms with van der Waals surface area (Å²) in [6, 6.07) is 6.81. The fraction of sp³-hybridized carbons (Fsp3) is 0.125. The Bertz CT molecular complexity index is 835. The van der Waals surface area contributed by atoms with Crippen LogP contribution in [0.2, 0.25) is 0 Å². The van der Waals surface area contributed by atoms with Gasteiger partial charge in [-0.15, -0.1) is 0 Å². The van der Waals surface area contributed by atoms with E-state index in [9.17, 15) is 4.39 Å². The third-order valence-electron chi connectivity index (χ3n) is 2.95. The van der Waals surface area contributed by atoms with Crippen molar-refractivity contribution in [2.75, 3.05) is 13.9 Å². The minimum atomic E-state index is -1.24. The van der Waals surface area contributed by atoms with Gasteiger partial charge in [-0.25, -0.2) is 0 Å². The molecule has 0 saturated heterocycles. The number of hydrogen-bond donors (Lipinski definition) is 0. The van der Waals surface area contributed by atoms with Crippen LogP contribution in [0.3, 0.4) is 0 Å². The van der Waals surface area contributed by atoms with E-state index in [-0.39, 0.29) is 12.6 Å². The van der Waals surface area contributed by atoms with E-state index in [0.29, 0.717) is 11.3 Å². The Hall–Kier alpha value is -0.738. The van der Waals surface area contributed by atoms with E-state index in [4.69, 9.17) is 21.3 Å².